The number of halogens is 1. The van der Waals surface area contributed by atoms with Crippen molar-refractivity contribution in [2.24, 2.45) is 0 Å². The van der Waals surface area contributed by atoms with Crippen molar-refractivity contribution in [3.8, 4) is 0 Å². The Hall–Kier alpha value is -2.94. The number of ether oxygens (including phenoxy) is 1. The van der Waals surface area contributed by atoms with Crippen molar-refractivity contribution in [1.82, 2.24) is 20.0 Å². The van der Waals surface area contributed by atoms with Crippen LogP contribution in [0.4, 0.5) is 0 Å². The van der Waals surface area contributed by atoms with E-state index in [0.717, 1.165) is 5.56 Å². The van der Waals surface area contributed by atoms with Crippen LogP contribution in [0, 0.1) is 6.92 Å². The molecule has 36 heavy (non-hydrogen) atoms. The molecule has 0 aliphatic carbocycles. The summed E-state index contributed by atoms with van der Waals surface area (Å²) in [6, 6.07) is 13.4. The summed E-state index contributed by atoms with van der Waals surface area (Å²) in [7, 11) is 3.87. The molecule has 2 fully saturated rings. The number of nitrogens with zero attached hydrogens (tertiary/aromatic N) is 3. The summed E-state index contributed by atoms with van der Waals surface area (Å²) < 4.78 is 6.25. The standard InChI is InChI=1S/C27H33ClN4O4/c1-19-4-6-21(7-5-19)26(35)32-23(24(33)29-14-17-30(2)3)18-36-27(32)12-15-31(16-13-27)25(34)20-8-10-22(28)11-9-20/h4-11,23H,12-18H2,1-3H3,(H,29,33). The molecule has 2 aromatic rings. The highest BCUT2D eigenvalue weighted by molar-refractivity contribution is 6.30. The van der Waals surface area contributed by atoms with E-state index in [0.29, 0.717) is 55.2 Å². The van der Waals surface area contributed by atoms with Crippen molar-refractivity contribution in [3.05, 3.63) is 70.2 Å². The van der Waals surface area contributed by atoms with Crippen molar-refractivity contribution < 1.29 is 19.1 Å². The quantitative estimate of drug-likeness (QED) is 0.643. The maximum atomic E-state index is 13.8. The minimum Gasteiger partial charge on any atom is -0.353 e. The van der Waals surface area contributed by atoms with E-state index < -0.39 is 11.8 Å². The van der Waals surface area contributed by atoms with Gasteiger partial charge in [-0.05, 0) is 57.4 Å². The Morgan fingerprint density at radius 2 is 1.58 bits per heavy atom. The molecule has 1 spiro atoms. The monoisotopic (exact) mass is 512 g/mol. The van der Waals surface area contributed by atoms with Crippen LogP contribution >= 0.6 is 11.6 Å². The Balaban J connectivity index is 1.54. The van der Waals surface area contributed by atoms with Crippen molar-refractivity contribution in [2.75, 3.05) is 46.9 Å². The zero-order chi connectivity index (χ0) is 25.9. The Kier molecular flexibility index (Phi) is 7.97. The van der Waals surface area contributed by atoms with Crippen LogP contribution in [-0.4, -0.2) is 91.1 Å². The summed E-state index contributed by atoms with van der Waals surface area (Å²) in [5.41, 5.74) is 1.18. The molecular weight excluding hydrogens is 480 g/mol. The second-order valence-corrected chi connectivity index (χ2v) is 10.1. The first kappa shape index (κ1) is 26.1. The molecule has 1 unspecified atom stereocenters. The zero-order valence-corrected chi connectivity index (χ0v) is 21.8. The van der Waals surface area contributed by atoms with Crippen molar-refractivity contribution in [3.63, 3.8) is 0 Å². The van der Waals surface area contributed by atoms with Gasteiger partial charge in [0, 0.05) is 55.2 Å². The lowest BCUT2D eigenvalue weighted by molar-refractivity contribution is -0.128. The highest BCUT2D eigenvalue weighted by Crippen LogP contribution is 2.39. The fourth-order valence-electron chi connectivity index (χ4n) is 4.76. The number of hydrogen-bond acceptors (Lipinski definition) is 5. The first-order valence-electron chi connectivity index (χ1n) is 12.2. The van der Waals surface area contributed by atoms with Gasteiger partial charge in [0.15, 0.2) is 0 Å². The maximum Gasteiger partial charge on any atom is 0.256 e. The Morgan fingerprint density at radius 1 is 1.00 bits per heavy atom. The molecule has 8 nitrogen and oxygen atoms in total. The van der Waals surface area contributed by atoms with Gasteiger partial charge in [-0.3, -0.25) is 19.3 Å². The highest BCUT2D eigenvalue weighted by atomic mass is 35.5. The lowest BCUT2D eigenvalue weighted by Gasteiger charge is -2.44. The molecule has 2 heterocycles. The molecule has 0 aromatic heterocycles. The molecule has 9 heteroatoms. The molecule has 1 atom stereocenters. The first-order chi connectivity index (χ1) is 17.2. The van der Waals surface area contributed by atoms with Gasteiger partial charge in [-0.1, -0.05) is 29.3 Å². The van der Waals surface area contributed by atoms with Crippen LogP contribution in [0.15, 0.2) is 48.5 Å². The number of hydrogen-bond donors (Lipinski definition) is 1. The highest BCUT2D eigenvalue weighted by Gasteiger charge is 2.54. The van der Waals surface area contributed by atoms with Gasteiger partial charge >= 0.3 is 0 Å². The number of amides is 3. The van der Waals surface area contributed by atoms with Gasteiger partial charge in [0.05, 0.1) is 6.61 Å². The second-order valence-electron chi connectivity index (χ2n) is 9.71. The van der Waals surface area contributed by atoms with Crippen LogP contribution in [0.25, 0.3) is 0 Å². The molecule has 0 saturated carbocycles. The van der Waals surface area contributed by atoms with Crippen LogP contribution in [0.5, 0.6) is 0 Å². The van der Waals surface area contributed by atoms with Gasteiger partial charge in [-0.25, -0.2) is 0 Å². The van der Waals surface area contributed by atoms with Crippen LogP contribution in [0.1, 0.15) is 39.1 Å². The lowest BCUT2D eigenvalue weighted by atomic mass is 9.96. The van der Waals surface area contributed by atoms with Crippen LogP contribution in [-0.2, 0) is 9.53 Å². The van der Waals surface area contributed by atoms with E-state index in [1.807, 2.05) is 38.1 Å². The summed E-state index contributed by atoms with van der Waals surface area (Å²) in [4.78, 5) is 45.3. The number of aryl methyl sites for hydroxylation is 1. The number of likely N-dealkylation sites (N-methyl/N-ethyl adjacent to an activating group) is 1. The molecule has 1 N–H and O–H groups in total. The Labute approximate surface area is 217 Å². The van der Waals surface area contributed by atoms with Crippen molar-refractivity contribution >= 4 is 29.3 Å². The van der Waals surface area contributed by atoms with E-state index in [9.17, 15) is 14.4 Å². The Morgan fingerprint density at radius 3 is 2.19 bits per heavy atom. The predicted molar refractivity (Wildman–Crippen MR) is 138 cm³/mol. The molecule has 2 aliphatic rings. The summed E-state index contributed by atoms with van der Waals surface area (Å²) in [5.74, 6) is -0.555. The largest absolute Gasteiger partial charge is 0.353 e. The summed E-state index contributed by atoms with van der Waals surface area (Å²) >= 11 is 5.96. The van der Waals surface area contributed by atoms with Crippen LogP contribution in [0.3, 0.4) is 0 Å². The molecule has 4 rings (SSSR count). The minimum absolute atomic E-state index is 0.0890. The number of nitrogens with one attached hydrogen (secondary N) is 1. The molecule has 192 valence electrons. The third-order valence-electron chi connectivity index (χ3n) is 6.86. The summed E-state index contributed by atoms with van der Waals surface area (Å²) in [6.45, 7) is 4.07. The van der Waals surface area contributed by atoms with Crippen LogP contribution in [0.2, 0.25) is 5.02 Å². The molecule has 0 radical (unpaired) electrons. The summed E-state index contributed by atoms with van der Waals surface area (Å²) in [5, 5.41) is 3.52. The second kappa shape index (κ2) is 11.0. The predicted octanol–water partition coefficient (Wildman–Crippen LogP) is 2.80. The fraction of sp³-hybridized carbons (Fsp3) is 0.444. The number of likely N-dealkylation sites (tertiary alicyclic amines) is 1. The van der Waals surface area contributed by atoms with Crippen molar-refractivity contribution in [1.29, 1.82) is 0 Å². The normalized spacial score (nSPS) is 19.1. The zero-order valence-electron chi connectivity index (χ0n) is 21.0. The van der Waals surface area contributed by atoms with Gasteiger partial charge < -0.3 is 19.9 Å². The number of carbonyl (C=O) groups excluding carboxylic acids is 3. The first-order valence-corrected chi connectivity index (χ1v) is 12.6. The van der Waals surface area contributed by atoms with Gasteiger partial charge in [0.2, 0.25) is 5.91 Å². The van der Waals surface area contributed by atoms with E-state index in [2.05, 4.69) is 5.32 Å². The average Bonchev–Trinajstić information content (AvgIpc) is 3.23. The molecule has 0 bridgehead atoms. The van der Waals surface area contributed by atoms with Gasteiger partial charge in [-0.2, -0.15) is 0 Å². The molecule has 2 aromatic carbocycles. The SMILES string of the molecule is Cc1ccc(C(=O)N2C(C(=O)NCCN(C)C)COC23CCN(C(=O)c2ccc(Cl)cc2)CC3)cc1. The van der Waals surface area contributed by atoms with Gasteiger partial charge in [0.25, 0.3) is 11.8 Å². The molecule has 2 aliphatic heterocycles. The third kappa shape index (κ3) is 5.56. The Bertz CT molecular complexity index is 1100. The number of carbonyl (C=O) groups is 3. The van der Waals surface area contributed by atoms with E-state index in [4.69, 9.17) is 16.3 Å². The average molecular weight is 513 g/mol. The maximum absolute atomic E-state index is 13.8. The number of piperidine rings is 1. The van der Waals surface area contributed by atoms with E-state index in [1.165, 1.54) is 0 Å². The van der Waals surface area contributed by atoms with Gasteiger partial charge in [-0.15, -0.1) is 0 Å². The molecule has 3 amide bonds. The van der Waals surface area contributed by atoms with Gasteiger partial charge in [0.1, 0.15) is 11.8 Å². The summed E-state index contributed by atoms with van der Waals surface area (Å²) in [6.07, 6.45) is 0.844. The lowest BCUT2D eigenvalue weighted by Crippen LogP contribution is -2.60. The number of benzene rings is 2. The van der Waals surface area contributed by atoms with E-state index in [1.54, 1.807) is 46.2 Å². The van der Waals surface area contributed by atoms with E-state index >= 15 is 0 Å². The molecular formula is C27H33ClN4O4. The molecule has 2 saturated heterocycles. The number of rotatable bonds is 6. The fourth-order valence-corrected chi connectivity index (χ4v) is 4.88. The minimum atomic E-state index is -0.942. The smallest absolute Gasteiger partial charge is 0.256 e. The third-order valence-corrected chi connectivity index (χ3v) is 7.11. The van der Waals surface area contributed by atoms with Crippen LogP contribution < -0.4 is 5.32 Å². The topological polar surface area (TPSA) is 82.2 Å². The van der Waals surface area contributed by atoms with Crippen molar-refractivity contribution in [2.45, 2.75) is 31.5 Å². The van der Waals surface area contributed by atoms with E-state index in [-0.39, 0.29) is 24.3 Å².